The molecular weight excluding hydrogens is 371 g/mol. The molecule has 0 unspecified atom stereocenters. The fourth-order valence-corrected chi connectivity index (χ4v) is 3.03. The predicted molar refractivity (Wildman–Crippen MR) is 98.1 cm³/mol. The van der Waals surface area contributed by atoms with Crippen molar-refractivity contribution >= 4 is 11.7 Å². The number of carbonyl (C=O) groups excluding carboxylic acids is 1. The fourth-order valence-electron chi connectivity index (χ4n) is 3.03. The molecule has 1 N–H and O–H groups in total. The van der Waals surface area contributed by atoms with Crippen LogP contribution in [0.25, 0.3) is 0 Å². The highest BCUT2D eigenvalue weighted by atomic mass is 19.4. The summed E-state index contributed by atoms with van der Waals surface area (Å²) in [6, 6.07) is 6.78. The molecule has 3 rings (SSSR count). The topological polar surface area (TPSA) is 64.7 Å². The lowest BCUT2D eigenvalue weighted by atomic mass is 10.1. The predicted octanol–water partition coefficient (Wildman–Crippen LogP) is 3.86. The Bertz CT molecular complexity index is 1030. The summed E-state index contributed by atoms with van der Waals surface area (Å²) in [5, 5.41) is 11.3. The van der Waals surface area contributed by atoms with Gasteiger partial charge in [0, 0.05) is 24.5 Å². The zero-order valence-electron chi connectivity index (χ0n) is 15.9. The minimum Gasteiger partial charge on any atom is -0.305 e. The molecule has 2 aromatic heterocycles. The molecule has 2 heterocycles. The maximum atomic E-state index is 12.9. The summed E-state index contributed by atoms with van der Waals surface area (Å²) in [5.74, 6) is 0.00366. The first-order valence-corrected chi connectivity index (χ1v) is 8.58. The largest absolute Gasteiger partial charge is 0.416 e. The highest BCUT2D eigenvalue weighted by molar-refractivity contribution is 6.05. The number of benzene rings is 1. The number of anilines is 1. The van der Waals surface area contributed by atoms with Crippen molar-refractivity contribution in [3.05, 3.63) is 64.1 Å². The first-order chi connectivity index (χ1) is 13.1. The zero-order valence-corrected chi connectivity index (χ0v) is 15.9. The van der Waals surface area contributed by atoms with Crippen molar-refractivity contribution < 1.29 is 18.0 Å². The summed E-state index contributed by atoms with van der Waals surface area (Å²) in [4.78, 5) is 12.6. The molecule has 0 fully saturated rings. The first-order valence-electron chi connectivity index (χ1n) is 8.58. The number of halogens is 3. The molecule has 0 saturated carbocycles. The Morgan fingerprint density at radius 2 is 1.86 bits per heavy atom. The average molecular weight is 391 g/mol. The molecule has 1 amide bonds. The molecule has 0 aliphatic rings. The number of alkyl halides is 3. The van der Waals surface area contributed by atoms with E-state index in [0.29, 0.717) is 28.3 Å². The molecule has 9 heteroatoms. The van der Waals surface area contributed by atoms with Crippen LogP contribution in [0.5, 0.6) is 0 Å². The van der Waals surface area contributed by atoms with Gasteiger partial charge in [0.05, 0.1) is 23.4 Å². The minimum absolute atomic E-state index is 0.163. The van der Waals surface area contributed by atoms with Gasteiger partial charge in [0.25, 0.3) is 5.91 Å². The number of nitrogens with zero attached hydrogens (tertiary/aromatic N) is 4. The molecular formula is C19H20F3N5O. The summed E-state index contributed by atoms with van der Waals surface area (Å²) in [5.41, 5.74) is 2.30. The summed E-state index contributed by atoms with van der Waals surface area (Å²) in [6.45, 7) is 5.49. The van der Waals surface area contributed by atoms with Crippen LogP contribution >= 0.6 is 0 Å². The third-order valence-electron chi connectivity index (χ3n) is 4.55. The molecule has 28 heavy (non-hydrogen) atoms. The standard InChI is InChI=1S/C19H20F3N5O/c1-11-8-16(23-18(28)17-12(2)24-26(4)13(17)3)25-27(11)10-14-6-5-7-15(9-14)19(20,21)22/h5-9H,10H2,1-4H3,(H,23,25,28). The van der Waals surface area contributed by atoms with Crippen LogP contribution in [0.3, 0.4) is 0 Å². The SMILES string of the molecule is Cc1nn(C)c(C)c1C(=O)Nc1cc(C)n(Cc2cccc(C(F)(F)F)c2)n1. The highest BCUT2D eigenvalue weighted by Gasteiger charge is 2.30. The van der Waals surface area contributed by atoms with Gasteiger partial charge in [-0.2, -0.15) is 23.4 Å². The normalized spacial score (nSPS) is 11.7. The van der Waals surface area contributed by atoms with Crippen molar-refractivity contribution in [2.24, 2.45) is 7.05 Å². The van der Waals surface area contributed by atoms with Crippen molar-refractivity contribution in [1.82, 2.24) is 19.6 Å². The van der Waals surface area contributed by atoms with Gasteiger partial charge in [0.1, 0.15) is 0 Å². The van der Waals surface area contributed by atoms with Crippen molar-refractivity contribution in [3.8, 4) is 0 Å². The number of rotatable bonds is 4. The van der Waals surface area contributed by atoms with Gasteiger partial charge in [0.2, 0.25) is 0 Å². The molecule has 0 spiro atoms. The Kier molecular flexibility index (Phi) is 5.01. The highest BCUT2D eigenvalue weighted by Crippen LogP contribution is 2.29. The quantitative estimate of drug-likeness (QED) is 0.735. The number of nitrogens with one attached hydrogen (secondary N) is 1. The monoisotopic (exact) mass is 391 g/mol. The smallest absolute Gasteiger partial charge is 0.305 e. The van der Waals surface area contributed by atoms with Gasteiger partial charge in [-0.25, -0.2) is 0 Å². The van der Waals surface area contributed by atoms with Crippen LogP contribution in [0.15, 0.2) is 30.3 Å². The number of aryl methyl sites for hydroxylation is 3. The second-order valence-electron chi connectivity index (χ2n) is 6.65. The zero-order chi connectivity index (χ0) is 20.6. The molecule has 0 saturated heterocycles. The van der Waals surface area contributed by atoms with Crippen LogP contribution in [-0.2, 0) is 19.8 Å². The van der Waals surface area contributed by atoms with E-state index in [0.717, 1.165) is 17.8 Å². The molecule has 0 aliphatic heterocycles. The van der Waals surface area contributed by atoms with Crippen molar-refractivity contribution in [3.63, 3.8) is 0 Å². The van der Waals surface area contributed by atoms with Gasteiger partial charge in [-0.05, 0) is 38.5 Å². The van der Waals surface area contributed by atoms with Crippen molar-refractivity contribution in [2.45, 2.75) is 33.5 Å². The van der Waals surface area contributed by atoms with E-state index < -0.39 is 11.7 Å². The van der Waals surface area contributed by atoms with Gasteiger partial charge >= 0.3 is 6.18 Å². The summed E-state index contributed by atoms with van der Waals surface area (Å²) in [7, 11) is 1.76. The first kappa shape index (κ1) is 19.7. The Labute approximate surface area is 160 Å². The lowest BCUT2D eigenvalue weighted by Crippen LogP contribution is -2.15. The molecule has 0 bridgehead atoms. The average Bonchev–Trinajstić information content (AvgIpc) is 3.05. The van der Waals surface area contributed by atoms with E-state index in [4.69, 9.17) is 0 Å². The molecule has 0 aliphatic carbocycles. The molecule has 0 radical (unpaired) electrons. The van der Waals surface area contributed by atoms with Gasteiger partial charge in [-0.15, -0.1) is 0 Å². The van der Waals surface area contributed by atoms with Crippen molar-refractivity contribution in [1.29, 1.82) is 0 Å². The summed E-state index contributed by atoms with van der Waals surface area (Å²) in [6.07, 6.45) is -4.40. The molecule has 0 atom stereocenters. The lowest BCUT2D eigenvalue weighted by molar-refractivity contribution is -0.137. The van der Waals surface area contributed by atoms with Crippen LogP contribution in [0, 0.1) is 20.8 Å². The van der Waals surface area contributed by atoms with E-state index >= 15 is 0 Å². The molecule has 1 aromatic carbocycles. The number of aromatic nitrogens is 4. The minimum atomic E-state index is -4.40. The van der Waals surface area contributed by atoms with Gasteiger partial charge in [-0.1, -0.05) is 12.1 Å². The second kappa shape index (κ2) is 7.14. The Morgan fingerprint density at radius 3 is 2.46 bits per heavy atom. The Balaban J connectivity index is 1.79. The fraction of sp³-hybridized carbons (Fsp3) is 0.316. The third-order valence-corrected chi connectivity index (χ3v) is 4.55. The van der Waals surface area contributed by atoms with Crippen molar-refractivity contribution in [2.75, 3.05) is 5.32 Å². The Morgan fingerprint density at radius 1 is 1.14 bits per heavy atom. The van der Waals surface area contributed by atoms with Gasteiger partial charge in [0.15, 0.2) is 5.82 Å². The Hall–Kier alpha value is -3.10. The maximum Gasteiger partial charge on any atom is 0.416 e. The summed E-state index contributed by atoms with van der Waals surface area (Å²) >= 11 is 0. The lowest BCUT2D eigenvalue weighted by Gasteiger charge is -2.09. The number of hydrogen-bond acceptors (Lipinski definition) is 3. The molecule has 3 aromatic rings. The third kappa shape index (κ3) is 3.92. The van der Waals surface area contributed by atoms with E-state index in [-0.39, 0.29) is 12.5 Å². The van der Waals surface area contributed by atoms with Crippen LogP contribution < -0.4 is 5.32 Å². The van der Waals surface area contributed by atoms with Gasteiger partial charge in [-0.3, -0.25) is 14.2 Å². The van der Waals surface area contributed by atoms with E-state index in [1.54, 1.807) is 49.3 Å². The van der Waals surface area contributed by atoms with E-state index in [2.05, 4.69) is 15.5 Å². The van der Waals surface area contributed by atoms with Crippen LogP contribution in [-0.4, -0.2) is 25.5 Å². The molecule has 148 valence electrons. The maximum absolute atomic E-state index is 12.9. The second-order valence-corrected chi connectivity index (χ2v) is 6.65. The van der Waals surface area contributed by atoms with Crippen LogP contribution in [0.4, 0.5) is 19.0 Å². The van der Waals surface area contributed by atoms with E-state index in [1.165, 1.54) is 6.07 Å². The van der Waals surface area contributed by atoms with Crippen LogP contribution in [0.1, 0.15) is 38.6 Å². The number of carbonyl (C=O) groups is 1. The van der Waals surface area contributed by atoms with E-state index in [9.17, 15) is 18.0 Å². The number of hydrogen-bond donors (Lipinski definition) is 1. The summed E-state index contributed by atoms with van der Waals surface area (Å²) < 4.78 is 41.8. The molecule has 6 nitrogen and oxygen atoms in total. The number of amides is 1. The van der Waals surface area contributed by atoms with Gasteiger partial charge < -0.3 is 5.32 Å². The van der Waals surface area contributed by atoms with Crippen LogP contribution in [0.2, 0.25) is 0 Å². The van der Waals surface area contributed by atoms with E-state index in [1.807, 2.05) is 0 Å².